The summed E-state index contributed by atoms with van der Waals surface area (Å²) in [6, 6.07) is 3.66. The maximum Gasteiger partial charge on any atom is 0.303 e. The van der Waals surface area contributed by atoms with Crippen molar-refractivity contribution < 1.29 is 23.5 Å². The molecule has 1 aromatic carbocycles. The molecule has 20 heavy (non-hydrogen) atoms. The summed E-state index contributed by atoms with van der Waals surface area (Å²) in [6.07, 6.45) is 0.305. The van der Waals surface area contributed by atoms with E-state index in [2.05, 4.69) is 5.32 Å². The second kappa shape index (κ2) is 7.57. The van der Waals surface area contributed by atoms with Crippen molar-refractivity contribution in [3.8, 4) is 0 Å². The molecule has 1 amide bonds. The maximum atomic E-state index is 13.4. The van der Waals surface area contributed by atoms with Gasteiger partial charge in [0.1, 0.15) is 0 Å². The second-order valence-corrected chi connectivity index (χ2v) is 4.57. The number of nitrogens with one attached hydrogen (secondary N) is 1. The zero-order valence-electron chi connectivity index (χ0n) is 11.2. The Morgan fingerprint density at radius 2 is 2.05 bits per heavy atom. The van der Waals surface area contributed by atoms with Gasteiger partial charge in [0.2, 0.25) is 5.91 Å². The summed E-state index contributed by atoms with van der Waals surface area (Å²) in [6.45, 7) is 2.03. The van der Waals surface area contributed by atoms with E-state index in [-0.39, 0.29) is 30.9 Å². The number of hydrogen-bond donors (Lipinski definition) is 2. The molecule has 0 aliphatic rings. The molecule has 2 N–H and O–H groups in total. The maximum absolute atomic E-state index is 13.4. The van der Waals surface area contributed by atoms with Crippen LogP contribution in [-0.4, -0.2) is 23.5 Å². The Morgan fingerprint density at radius 3 is 2.65 bits per heavy atom. The highest BCUT2D eigenvalue weighted by molar-refractivity contribution is 5.78. The molecular weight excluding hydrogens is 268 g/mol. The number of amides is 1. The van der Waals surface area contributed by atoms with E-state index in [1.54, 1.807) is 0 Å². The zero-order chi connectivity index (χ0) is 15.1. The Balaban J connectivity index is 2.51. The van der Waals surface area contributed by atoms with Crippen molar-refractivity contribution in [1.29, 1.82) is 0 Å². The molecule has 0 heterocycles. The minimum Gasteiger partial charge on any atom is -0.481 e. The molecule has 0 aliphatic carbocycles. The smallest absolute Gasteiger partial charge is 0.303 e. The summed E-state index contributed by atoms with van der Waals surface area (Å²) in [5, 5.41) is 11.2. The Bertz CT molecular complexity index is 491. The van der Waals surface area contributed by atoms with Crippen LogP contribution >= 0.6 is 0 Å². The lowest BCUT2D eigenvalue weighted by Gasteiger charge is -2.13. The number of rotatable bonds is 7. The minimum atomic E-state index is -1.03. The molecule has 0 fully saturated rings. The van der Waals surface area contributed by atoms with Crippen molar-refractivity contribution in [2.24, 2.45) is 5.92 Å². The molecule has 4 nitrogen and oxygen atoms in total. The van der Waals surface area contributed by atoms with Gasteiger partial charge in [-0.25, -0.2) is 8.78 Å². The van der Waals surface area contributed by atoms with Gasteiger partial charge in [0.25, 0.3) is 0 Å². The molecule has 1 atom stereocenters. The van der Waals surface area contributed by atoms with Crippen LogP contribution < -0.4 is 5.32 Å². The predicted octanol–water partition coefficient (Wildman–Crippen LogP) is 2.12. The minimum absolute atomic E-state index is 0.0196. The molecule has 0 radical (unpaired) electrons. The number of halogens is 2. The SMILES string of the molecule is CCC(CNC(=O)Cc1cccc(F)c1F)CC(=O)O. The average molecular weight is 285 g/mol. The van der Waals surface area contributed by atoms with E-state index in [1.807, 2.05) is 6.92 Å². The van der Waals surface area contributed by atoms with Crippen LogP contribution in [0.15, 0.2) is 18.2 Å². The first-order valence-corrected chi connectivity index (χ1v) is 6.35. The summed E-state index contributed by atoms with van der Waals surface area (Å²) in [5.74, 6) is -3.58. The molecule has 0 aliphatic heterocycles. The quantitative estimate of drug-likeness (QED) is 0.806. The van der Waals surface area contributed by atoms with Gasteiger partial charge in [0, 0.05) is 18.5 Å². The number of carbonyl (C=O) groups excluding carboxylic acids is 1. The summed E-state index contributed by atoms with van der Waals surface area (Å²) in [7, 11) is 0. The third-order valence-electron chi connectivity index (χ3n) is 3.01. The van der Waals surface area contributed by atoms with Crippen LogP contribution in [0.5, 0.6) is 0 Å². The Hall–Kier alpha value is -1.98. The molecule has 0 spiro atoms. The van der Waals surface area contributed by atoms with Crippen LogP contribution in [0.25, 0.3) is 0 Å². The van der Waals surface area contributed by atoms with E-state index >= 15 is 0 Å². The number of carboxylic acid groups (broad SMARTS) is 1. The predicted molar refractivity (Wildman–Crippen MR) is 69.1 cm³/mol. The van der Waals surface area contributed by atoms with Crippen LogP contribution in [0.2, 0.25) is 0 Å². The zero-order valence-corrected chi connectivity index (χ0v) is 11.2. The Morgan fingerprint density at radius 1 is 1.35 bits per heavy atom. The lowest BCUT2D eigenvalue weighted by Crippen LogP contribution is -2.31. The fourth-order valence-electron chi connectivity index (χ4n) is 1.79. The van der Waals surface area contributed by atoms with Gasteiger partial charge >= 0.3 is 5.97 Å². The molecule has 6 heteroatoms. The second-order valence-electron chi connectivity index (χ2n) is 4.57. The first-order chi connectivity index (χ1) is 9.43. The Labute approximate surface area is 115 Å². The third kappa shape index (κ3) is 4.95. The topological polar surface area (TPSA) is 66.4 Å². The van der Waals surface area contributed by atoms with Crippen molar-refractivity contribution in [1.82, 2.24) is 5.32 Å². The van der Waals surface area contributed by atoms with Gasteiger partial charge in [-0.15, -0.1) is 0 Å². The van der Waals surface area contributed by atoms with Gasteiger partial charge in [0.15, 0.2) is 11.6 Å². The number of benzene rings is 1. The molecule has 1 unspecified atom stereocenters. The molecule has 1 rings (SSSR count). The van der Waals surface area contributed by atoms with Gasteiger partial charge in [-0.1, -0.05) is 25.5 Å². The van der Waals surface area contributed by atoms with E-state index in [0.717, 1.165) is 6.07 Å². The van der Waals surface area contributed by atoms with E-state index in [1.165, 1.54) is 12.1 Å². The van der Waals surface area contributed by atoms with Crippen molar-refractivity contribution in [2.75, 3.05) is 6.54 Å². The molecule has 0 bridgehead atoms. The fourth-order valence-corrected chi connectivity index (χ4v) is 1.79. The first-order valence-electron chi connectivity index (χ1n) is 6.35. The first kappa shape index (κ1) is 16.1. The van der Waals surface area contributed by atoms with Gasteiger partial charge in [-0.05, 0) is 12.0 Å². The lowest BCUT2D eigenvalue weighted by molar-refractivity contribution is -0.138. The van der Waals surface area contributed by atoms with Gasteiger partial charge in [-0.2, -0.15) is 0 Å². The average Bonchev–Trinajstić information content (AvgIpc) is 2.39. The summed E-state index contributed by atoms with van der Waals surface area (Å²) in [5.41, 5.74) is -0.0196. The third-order valence-corrected chi connectivity index (χ3v) is 3.01. The Kier molecular flexibility index (Phi) is 6.09. The highest BCUT2D eigenvalue weighted by atomic mass is 19.2. The number of carbonyl (C=O) groups is 2. The van der Waals surface area contributed by atoms with Crippen LogP contribution in [0.4, 0.5) is 8.78 Å². The molecule has 0 saturated heterocycles. The molecule has 0 aromatic heterocycles. The normalized spacial score (nSPS) is 11.9. The van der Waals surface area contributed by atoms with E-state index < -0.39 is 23.5 Å². The fraction of sp³-hybridized carbons (Fsp3) is 0.429. The van der Waals surface area contributed by atoms with E-state index in [4.69, 9.17) is 5.11 Å². The largest absolute Gasteiger partial charge is 0.481 e. The number of hydrogen-bond acceptors (Lipinski definition) is 2. The van der Waals surface area contributed by atoms with Gasteiger partial charge < -0.3 is 10.4 Å². The number of carboxylic acids is 1. The monoisotopic (exact) mass is 285 g/mol. The van der Waals surface area contributed by atoms with Crippen LogP contribution in [0, 0.1) is 17.6 Å². The van der Waals surface area contributed by atoms with Crippen molar-refractivity contribution in [3.05, 3.63) is 35.4 Å². The standard InChI is InChI=1S/C14H17F2NO3/c1-2-9(6-13(19)20)8-17-12(18)7-10-4-3-5-11(15)14(10)16/h3-5,9H,2,6-8H2,1H3,(H,17,18)(H,19,20). The summed E-state index contributed by atoms with van der Waals surface area (Å²) < 4.78 is 26.3. The molecule has 0 saturated carbocycles. The highest BCUT2D eigenvalue weighted by Crippen LogP contribution is 2.12. The lowest BCUT2D eigenvalue weighted by atomic mass is 10.0. The van der Waals surface area contributed by atoms with Gasteiger partial charge in [0.05, 0.1) is 6.42 Å². The molecule has 110 valence electrons. The summed E-state index contributed by atoms with van der Waals surface area (Å²) in [4.78, 5) is 22.2. The molecular formula is C14H17F2NO3. The molecule has 1 aromatic rings. The highest BCUT2D eigenvalue weighted by Gasteiger charge is 2.14. The van der Waals surface area contributed by atoms with Crippen LogP contribution in [0.3, 0.4) is 0 Å². The summed E-state index contributed by atoms with van der Waals surface area (Å²) >= 11 is 0. The van der Waals surface area contributed by atoms with E-state index in [0.29, 0.717) is 6.42 Å². The number of aliphatic carboxylic acids is 1. The van der Waals surface area contributed by atoms with Crippen molar-refractivity contribution in [2.45, 2.75) is 26.2 Å². The van der Waals surface area contributed by atoms with Crippen molar-refractivity contribution in [3.63, 3.8) is 0 Å². The van der Waals surface area contributed by atoms with Crippen LogP contribution in [-0.2, 0) is 16.0 Å². The van der Waals surface area contributed by atoms with Gasteiger partial charge in [-0.3, -0.25) is 9.59 Å². The van der Waals surface area contributed by atoms with E-state index in [9.17, 15) is 18.4 Å². The van der Waals surface area contributed by atoms with Crippen molar-refractivity contribution >= 4 is 11.9 Å². The van der Waals surface area contributed by atoms with Crippen LogP contribution in [0.1, 0.15) is 25.3 Å².